The minimum Gasteiger partial charge on any atom is -0.481 e. The van der Waals surface area contributed by atoms with Crippen molar-refractivity contribution < 1.29 is 43.3 Å². The van der Waals surface area contributed by atoms with Gasteiger partial charge in [0.1, 0.15) is 5.92 Å². The molecule has 88 heavy (non-hydrogen) atoms. The van der Waals surface area contributed by atoms with E-state index >= 15 is 0 Å². The lowest BCUT2D eigenvalue weighted by atomic mass is 9.33. The summed E-state index contributed by atoms with van der Waals surface area (Å²) in [6, 6.07) is 19.5. The molecule has 4 N–H and O–H groups in total. The number of Topliss-reactive ketones (excluding diaryl/α,β-unsaturated/α-hetero) is 2. The zero-order valence-corrected chi connectivity index (χ0v) is 56.8. The molecule has 0 aromatic heterocycles. The zero-order valence-electron chi connectivity index (χ0n) is 56.8. The van der Waals surface area contributed by atoms with Gasteiger partial charge in [0.2, 0.25) is 5.91 Å². The molecule has 8 saturated carbocycles. The van der Waals surface area contributed by atoms with Crippen molar-refractivity contribution in [3.63, 3.8) is 0 Å². The van der Waals surface area contributed by atoms with E-state index in [2.05, 4.69) is 101 Å². The van der Waals surface area contributed by atoms with Gasteiger partial charge in [-0.2, -0.15) is 0 Å². The first-order valence-corrected chi connectivity index (χ1v) is 34.0. The highest BCUT2D eigenvalue weighted by Crippen LogP contribution is 2.78. The number of amides is 1. The van der Waals surface area contributed by atoms with Gasteiger partial charge in [0.05, 0.1) is 31.0 Å². The first-order chi connectivity index (χ1) is 41.0. The van der Waals surface area contributed by atoms with Crippen molar-refractivity contribution in [1.82, 2.24) is 0 Å². The topological polar surface area (TPSA) is 179 Å². The molecule has 11 nitrogen and oxygen atoms in total. The van der Waals surface area contributed by atoms with Gasteiger partial charge in [-0.05, 0) is 212 Å². The summed E-state index contributed by atoms with van der Waals surface area (Å²) in [5, 5.41) is 13.1. The summed E-state index contributed by atoms with van der Waals surface area (Å²) in [6.45, 7) is 32.9. The quantitative estimate of drug-likeness (QED) is 0.143. The first-order valence-electron chi connectivity index (χ1n) is 34.0. The fourth-order valence-electron chi connectivity index (χ4n) is 23.4. The summed E-state index contributed by atoms with van der Waals surface area (Å²) in [6.07, 6.45) is 21.6. The van der Waals surface area contributed by atoms with Crippen molar-refractivity contribution in [2.45, 2.75) is 219 Å². The highest BCUT2D eigenvalue weighted by Gasteiger charge is 2.73. The molecule has 1 amide bonds. The normalized spacial score (nSPS) is 41.8. The summed E-state index contributed by atoms with van der Waals surface area (Å²) in [4.78, 5) is 80.3. The van der Waals surface area contributed by atoms with E-state index in [0.29, 0.717) is 31.2 Å². The molecule has 8 fully saturated rings. The van der Waals surface area contributed by atoms with Crippen LogP contribution in [0.1, 0.15) is 218 Å². The van der Waals surface area contributed by atoms with Gasteiger partial charge in [-0.15, -0.1) is 0 Å². The van der Waals surface area contributed by atoms with Gasteiger partial charge in [-0.25, -0.2) is 0 Å². The molecule has 2 aromatic carbocycles. The molecule has 12 rings (SSSR count). The molecular weight excluding hydrogens is 1100 g/mol. The van der Waals surface area contributed by atoms with Crippen molar-refractivity contribution in [3.8, 4) is 0 Å². The summed E-state index contributed by atoms with van der Waals surface area (Å²) < 4.78 is 11.0. The van der Waals surface area contributed by atoms with Crippen LogP contribution >= 0.6 is 0 Å². The van der Waals surface area contributed by atoms with Crippen LogP contribution in [0.25, 0.3) is 0 Å². The van der Waals surface area contributed by atoms with Crippen LogP contribution in [0.5, 0.6) is 0 Å². The maximum Gasteiger partial charge on any atom is 0.314 e. The van der Waals surface area contributed by atoms with Crippen LogP contribution in [-0.2, 0) is 44.8 Å². The smallest absolute Gasteiger partial charge is 0.314 e. The van der Waals surface area contributed by atoms with Crippen LogP contribution in [0.15, 0.2) is 84.0 Å². The van der Waals surface area contributed by atoms with Crippen molar-refractivity contribution in [1.29, 1.82) is 0 Å². The number of hydrogen-bond acceptors (Lipinski definition) is 9. The third-order valence-electron chi connectivity index (χ3n) is 28.7. The van der Waals surface area contributed by atoms with Gasteiger partial charge in [0.25, 0.3) is 0 Å². The Morgan fingerprint density at radius 2 is 0.898 bits per heavy atom. The summed E-state index contributed by atoms with van der Waals surface area (Å²) in [5.41, 5.74) is 8.12. The second-order valence-electron chi connectivity index (χ2n) is 34.3. The summed E-state index contributed by atoms with van der Waals surface area (Å²) >= 11 is 0. The number of anilines is 1. The molecule has 482 valence electrons. The highest BCUT2D eigenvalue weighted by atomic mass is 16.5. The molecule has 10 aliphatic carbocycles. The first kappa shape index (κ1) is 66.0. The molecule has 0 radical (unpaired) electrons. The van der Waals surface area contributed by atoms with Crippen LogP contribution in [0.2, 0.25) is 0 Å². The molecule has 10 aliphatic rings. The number of nitrogens with two attached hydrogens (primary N) is 1. The predicted octanol–water partition coefficient (Wildman–Crippen LogP) is 16.4. The second-order valence-corrected chi connectivity index (χ2v) is 34.3. The number of benzene rings is 2. The van der Waals surface area contributed by atoms with Gasteiger partial charge < -0.3 is 25.6 Å². The minimum absolute atomic E-state index is 0.00821. The molecule has 0 spiro atoms. The van der Waals surface area contributed by atoms with Crippen LogP contribution in [0.3, 0.4) is 0 Å². The number of rotatable bonds is 6. The Morgan fingerprint density at radius 1 is 0.511 bits per heavy atom. The number of ether oxygens (including phenoxy) is 2. The van der Waals surface area contributed by atoms with E-state index in [-0.39, 0.29) is 96.4 Å². The number of carbonyl (C=O) groups is 6. The van der Waals surface area contributed by atoms with E-state index in [9.17, 15) is 33.9 Å². The van der Waals surface area contributed by atoms with E-state index < -0.39 is 39.5 Å². The largest absolute Gasteiger partial charge is 0.481 e. The second kappa shape index (κ2) is 22.4. The van der Waals surface area contributed by atoms with Gasteiger partial charge in [0.15, 0.2) is 11.6 Å². The third kappa shape index (κ3) is 9.91. The third-order valence-corrected chi connectivity index (χ3v) is 28.7. The van der Waals surface area contributed by atoms with Crippen molar-refractivity contribution >= 4 is 41.1 Å². The number of carbonyl (C=O) groups excluding carboxylic acids is 5. The van der Waals surface area contributed by atoms with Gasteiger partial charge in [-0.3, -0.25) is 28.8 Å². The Hall–Kier alpha value is -4.90. The number of fused-ring (bicyclic) bond motifs is 14. The minimum atomic E-state index is -0.965. The number of allylic oxidation sites excluding steroid dienone is 4. The number of esters is 2. The van der Waals surface area contributed by atoms with E-state index in [4.69, 9.17) is 15.2 Å². The lowest BCUT2D eigenvalue weighted by Crippen LogP contribution is -2.66. The van der Waals surface area contributed by atoms with E-state index in [1.165, 1.54) is 16.7 Å². The van der Waals surface area contributed by atoms with Gasteiger partial charge in [0, 0.05) is 23.1 Å². The molecule has 11 heteroatoms. The average Bonchev–Trinajstić information content (AvgIpc) is 0.686. The molecule has 2 aromatic rings. The van der Waals surface area contributed by atoms with Crippen molar-refractivity contribution in [3.05, 3.63) is 89.5 Å². The lowest BCUT2D eigenvalue weighted by molar-refractivity contribution is -0.198. The zero-order chi connectivity index (χ0) is 64.4. The number of methoxy groups -OCH3 is 2. The Labute approximate surface area is 528 Å². The fourth-order valence-corrected chi connectivity index (χ4v) is 23.4. The van der Waals surface area contributed by atoms with Crippen LogP contribution in [-0.4, -0.2) is 54.7 Å². The highest BCUT2D eigenvalue weighted by molar-refractivity contribution is 6.09. The molecule has 16 atom stereocenters. The molecule has 0 bridgehead atoms. The van der Waals surface area contributed by atoms with E-state index in [0.717, 1.165) is 108 Å². The number of hydrogen-bond donors (Lipinski definition) is 3. The average molecular weight is 1210 g/mol. The van der Waals surface area contributed by atoms with E-state index in [1.54, 1.807) is 14.2 Å². The van der Waals surface area contributed by atoms with Crippen LogP contribution < -0.4 is 11.1 Å². The molecule has 0 saturated heterocycles. The molecule has 0 aliphatic heterocycles. The number of carboxylic acid groups (broad SMARTS) is 1. The summed E-state index contributed by atoms with van der Waals surface area (Å²) in [7, 11) is 3.11. The Balaban J connectivity index is 0.000000174. The monoisotopic (exact) mass is 1210 g/mol. The maximum atomic E-state index is 14.0. The SMILES string of the molecule is COC(=O)[C@]12CCC(C)(C)C[C@H]1C1=CC[C@@H]3[C@@]4(C)CC(C(=O)Nc5ccccc5)C(=O)C(C)(C)[C@@H]4CC[C@@]3(C)[C@]1(C)CC2.COC(=O)[C@]12CCC(C)(C)C[C@H]1C1=CC[C@@H]3[C@@]4(C)CC(C(=O)O)C(=O)C(C)(C)[C@@H]4CC[C@@]3(C)[C@]1(C)CC2.NCc1ccccc1. The van der Waals surface area contributed by atoms with Crippen LogP contribution in [0, 0.1) is 112 Å². The number of nitrogens with one attached hydrogen (secondary N) is 1. The number of aliphatic carboxylic acids is 1. The maximum absolute atomic E-state index is 14.0. The standard InChI is InChI=1S/C38H53NO4.C32H48O5.C7H9N/c1-33(2)18-20-38(32(42)43-8)21-19-36(6)26(27(38)23-33)14-15-29-35(5)22-25(31(41)39-24-12-10-9-11-13-24)30(40)34(3,4)28(35)16-17-37(29,36)7;1-27(2)13-15-32(26(36)37-8)16-14-30(6)20(21(32)18-27)9-10-23-29(5)17-19(25(34)35)24(33)28(3,4)22(29)11-12-31(23,30)7;8-6-7-4-2-1-3-5-7/h9-14,25,27-29H,15-23H2,1-8H3,(H,39,41);9,19,21-23H,10-18H2,1-8H3,(H,34,35);1-5H,6,8H2/t25?,27-,28-,29+,35-,36+,37+,38-;19?,21-,22-,23+,29-,30+,31+,32-;/m00./s1. The Morgan fingerprint density at radius 3 is 1.28 bits per heavy atom. The van der Waals surface area contributed by atoms with Crippen LogP contribution in [0.4, 0.5) is 5.69 Å². The molecule has 0 heterocycles. The predicted molar refractivity (Wildman–Crippen MR) is 347 cm³/mol. The Kier molecular flexibility index (Phi) is 16.8. The van der Waals surface area contributed by atoms with Gasteiger partial charge in [-0.1, -0.05) is 169 Å². The van der Waals surface area contributed by atoms with Gasteiger partial charge >= 0.3 is 17.9 Å². The van der Waals surface area contributed by atoms with Crippen molar-refractivity contribution in [2.75, 3.05) is 19.5 Å². The molecular formula is C77H110N2O9. The number of carboxylic acids is 1. The lowest BCUT2D eigenvalue weighted by Gasteiger charge is -2.71. The Bertz CT molecular complexity index is 3140. The van der Waals surface area contributed by atoms with E-state index in [1.807, 2.05) is 74.5 Å². The number of para-hydroxylation sites is 1. The fraction of sp³-hybridized carbons (Fsp3) is 0.714. The molecule has 2 unspecified atom stereocenters. The summed E-state index contributed by atoms with van der Waals surface area (Å²) in [5.74, 6) is -1.27. The van der Waals surface area contributed by atoms with Crippen molar-refractivity contribution in [2.24, 2.45) is 118 Å². The number of ketones is 2.